The summed E-state index contributed by atoms with van der Waals surface area (Å²) in [4.78, 5) is 0.698. The van der Waals surface area contributed by atoms with Crippen LogP contribution in [0.15, 0.2) is 29.2 Å². The Bertz CT molecular complexity index is 189. The number of hydrogen-bond donors (Lipinski definition) is 1. The van der Waals surface area contributed by atoms with E-state index < -0.39 is 0 Å². The molecule has 0 saturated heterocycles. The van der Waals surface area contributed by atoms with Gasteiger partial charge < -0.3 is 10.3 Å². The maximum absolute atomic E-state index is 10.1. The van der Waals surface area contributed by atoms with Crippen LogP contribution in [0, 0.1) is 0 Å². The zero-order chi connectivity index (χ0) is 6.69. The van der Waals surface area contributed by atoms with Crippen molar-refractivity contribution in [3.8, 4) is 0 Å². The second kappa shape index (κ2) is 5.04. The molecular weight excluding hydrogens is 157 g/mol. The first kappa shape index (κ1) is 10.3. The third-order valence-electron chi connectivity index (χ3n) is 0.976. The third kappa shape index (κ3) is 2.94. The molecule has 0 atom stereocenters. The summed E-state index contributed by atoms with van der Waals surface area (Å²) >= 11 is 0.472. The molecule has 10 heavy (non-hydrogen) atoms. The fourth-order valence-corrected chi connectivity index (χ4v) is 0.771. The van der Waals surface area contributed by atoms with Gasteiger partial charge in [-0.15, -0.1) is 0 Å². The Balaban J connectivity index is 0.000000810. The van der Waals surface area contributed by atoms with Crippen molar-refractivity contribution >= 4 is 17.7 Å². The zero-order valence-corrected chi connectivity index (χ0v) is 8.52. The van der Waals surface area contributed by atoms with E-state index in [0.29, 0.717) is 22.6 Å². The summed E-state index contributed by atoms with van der Waals surface area (Å²) in [6.45, 7) is 0. The molecule has 2 nitrogen and oxygen atoms in total. The van der Waals surface area contributed by atoms with Gasteiger partial charge in [0.25, 0.3) is 0 Å². The van der Waals surface area contributed by atoms with E-state index in [1.54, 1.807) is 24.3 Å². The molecular formula is C6H6NNaOS. The van der Waals surface area contributed by atoms with Crippen molar-refractivity contribution in [2.45, 2.75) is 4.90 Å². The van der Waals surface area contributed by atoms with Crippen LogP contribution < -0.4 is 35.3 Å². The number of nitrogen functional groups attached to an aromatic ring is 1. The molecule has 48 valence electrons. The molecule has 0 spiro atoms. The Morgan fingerprint density at radius 2 is 1.70 bits per heavy atom. The molecule has 4 heteroatoms. The average molecular weight is 163 g/mol. The van der Waals surface area contributed by atoms with Crippen LogP contribution in [0.25, 0.3) is 0 Å². The fraction of sp³-hybridized carbons (Fsp3) is 0. The van der Waals surface area contributed by atoms with Gasteiger partial charge >= 0.3 is 29.6 Å². The van der Waals surface area contributed by atoms with E-state index in [-0.39, 0.29) is 29.6 Å². The molecule has 0 amide bonds. The maximum atomic E-state index is 10.1. The van der Waals surface area contributed by atoms with Crippen molar-refractivity contribution in [1.82, 2.24) is 0 Å². The van der Waals surface area contributed by atoms with Gasteiger partial charge in [-0.3, -0.25) is 0 Å². The summed E-state index contributed by atoms with van der Waals surface area (Å²) in [7, 11) is 0. The van der Waals surface area contributed by atoms with E-state index in [1.807, 2.05) is 0 Å². The summed E-state index contributed by atoms with van der Waals surface area (Å²) < 4.78 is 10.1. The molecule has 0 fully saturated rings. The first-order valence-corrected chi connectivity index (χ1v) is 3.22. The number of hydrogen-bond acceptors (Lipinski definition) is 3. The number of benzene rings is 1. The quantitative estimate of drug-likeness (QED) is 0.311. The number of nitrogens with two attached hydrogens (primary N) is 1. The van der Waals surface area contributed by atoms with Gasteiger partial charge in [-0.2, -0.15) is 0 Å². The van der Waals surface area contributed by atoms with Gasteiger partial charge in [0.1, 0.15) is 0 Å². The zero-order valence-electron chi connectivity index (χ0n) is 5.70. The molecule has 0 aromatic heterocycles. The number of anilines is 1. The minimum Gasteiger partial charge on any atom is -0.795 e. The van der Waals surface area contributed by atoms with Crippen molar-refractivity contribution in [1.29, 1.82) is 0 Å². The van der Waals surface area contributed by atoms with Crippen LogP contribution in [0.1, 0.15) is 0 Å². The van der Waals surface area contributed by atoms with E-state index >= 15 is 0 Å². The van der Waals surface area contributed by atoms with Crippen LogP contribution in [-0.2, 0) is 0 Å². The first-order valence-electron chi connectivity index (χ1n) is 2.48. The second-order valence-corrected chi connectivity index (χ2v) is 2.29. The van der Waals surface area contributed by atoms with Gasteiger partial charge in [-0.25, -0.2) is 12.0 Å². The van der Waals surface area contributed by atoms with Gasteiger partial charge in [0.2, 0.25) is 0 Å². The molecule has 0 radical (unpaired) electrons. The minimum absolute atomic E-state index is 0. The molecule has 1 rings (SSSR count). The summed E-state index contributed by atoms with van der Waals surface area (Å²) in [5, 5.41) is 0. The SMILES string of the molecule is Nc1ccc(S[O-])cc1.[Na+]. The molecule has 0 unspecified atom stereocenters. The Hall–Kier alpha value is 0.330. The Morgan fingerprint density at radius 3 is 2.10 bits per heavy atom. The van der Waals surface area contributed by atoms with Crippen molar-refractivity contribution in [2.75, 3.05) is 5.73 Å². The second-order valence-electron chi connectivity index (χ2n) is 1.65. The van der Waals surface area contributed by atoms with Gasteiger partial charge in [0, 0.05) is 5.69 Å². The third-order valence-corrected chi connectivity index (χ3v) is 1.44. The van der Waals surface area contributed by atoms with Crippen LogP contribution >= 0.6 is 12.0 Å². The minimum atomic E-state index is 0. The molecule has 2 N–H and O–H groups in total. The first-order chi connectivity index (χ1) is 4.33. The average Bonchev–Trinajstić information content (AvgIpc) is 1.90. The van der Waals surface area contributed by atoms with Crippen LogP contribution in [0.2, 0.25) is 0 Å². The molecule has 1 aromatic carbocycles. The normalized spacial score (nSPS) is 8.50. The van der Waals surface area contributed by atoms with Gasteiger partial charge in [0.15, 0.2) is 0 Å². The van der Waals surface area contributed by atoms with E-state index in [0.717, 1.165) is 0 Å². The van der Waals surface area contributed by atoms with Crippen molar-refractivity contribution in [3.05, 3.63) is 24.3 Å². The summed E-state index contributed by atoms with van der Waals surface area (Å²) in [5.74, 6) is 0. The van der Waals surface area contributed by atoms with Crippen LogP contribution in [-0.4, -0.2) is 4.55 Å². The predicted molar refractivity (Wildman–Crippen MR) is 37.5 cm³/mol. The Labute approximate surface area is 86.3 Å². The van der Waals surface area contributed by atoms with Crippen LogP contribution in [0.4, 0.5) is 5.69 Å². The van der Waals surface area contributed by atoms with Gasteiger partial charge in [0.05, 0.1) is 0 Å². The van der Waals surface area contributed by atoms with Crippen molar-refractivity contribution in [3.63, 3.8) is 0 Å². The Morgan fingerprint density at radius 1 is 1.20 bits per heavy atom. The standard InChI is InChI=1S/C6H7NOS.Na/c7-5-1-3-6(9-8)4-2-5;/h1-4,8H,7H2;/q;+1/p-1. The molecule has 0 aliphatic carbocycles. The summed E-state index contributed by atoms with van der Waals surface area (Å²) in [6, 6.07) is 6.82. The topological polar surface area (TPSA) is 49.1 Å². The van der Waals surface area contributed by atoms with E-state index in [4.69, 9.17) is 5.73 Å². The van der Waals surface area contributed by atoms with Crippen LogP contribution in [0.5, 0.6) is 0 Å². The monoisotopic (exact) mass is 163 g/mol. The maximum Gasteiger partial charge on any atom is 1.00 e. The molecule has 0 heterocycles. The summed E-state index contributed by atoms with van der Waals surface area (Å²) in [5.41, 5.74) is 6.06. The van der Waals surface area contributed by atoms with Crippen molar-refractivity contribution < 1.29 is 34.1 Å². The Kier molecular flexibility index (Phi) is 5.21. The van der Waals surface area contributed by atoms with E-state index in [1.165, 1.54) is 0 Å². The predicted octanol–water partition coefficient (Wildman–Crippen LogP) is -1.50. The smallest absolute Gasteiger partial charge is 0.795 e. The van der Waals surface area contributed by atoms with Crippen LogP contribution in [0.3, 0.4) is 0 Å². The van der Waals surface area contributed by atoms with Gasteiger partial charge in [-0.1, -0.05) is 0 Å². The number of rotatable bonds is 1. The van der Waals surface area contributed by atoms with Crippen molar-refractivity contribution in [2.24, 2.45) is 0 Å². The molecule has 1 aromatic rings. The fourth-order valence-electron chi connectivity index (χ4n) is 0.523. The molecule has 0 bridgehead atoms. The molecule has 0 aliphatic heterocycles. The van der Waals surface area contributed by atoms with E-state index in [9.17, 15) is 4.55 Å². The summed E-state index contributed by atoms with van der Waals surface area (Å²) in [6.07, 6.45) is 0. The molecule has 0 aliphatic rings. The van der Waals surface area contributed by atoms with E-state index in [2.05, 4.69) is 0 Å². The van der Waals surface area contributed by atoms with Gasteiger partial charge in [-0.05, 0) is 29.2 Å². The largest absolute Gasteiger partial charge is 1.00 e. The molecule has 0 saturated carbocycles.